The first-order valence-corrected chi connectivity index (χ1v) is 8.09. The van der Waals surface area contributed by atoms with E-state index in [9.17, 15) is 14.0 Å². The molecule has 0 aliphatic carbocycles. The smallest absolute Gasteiger partial charge is 0.251 e. The lowest BCUT2D eigenvalue weighted by Gasteiger charge is -2.34. The average molecular weight is 320 g/mol. The number of nitrogens with zero attached hydrogens (tertiary/aromatic N) is 1. The van der Waals surface area contributed by atoms with Gasteiger partial charge in [-0.3, -0.25) is 9.59 Å². The number of amides is 2. The van der Waals surface area contributed by atoms with E-state index in [1.807, 2.05) is 4.90 Å². The Kier molecular flexibility index (Phi) is 5.39. The van der Waals surface area contributed by atoms with Crippen LogP contribution >= 0.6 is 0 Å². The first-order chi connectivity index (χ1) is 10.7. The third-order valence-electron chi connectivity index (χ3n) is 3.97. The molecule has 1 fully saturated rings. The number of likely N-dealkylation sites (tertiary alicyclic amines) is 1. The van der Waals surface area contributed by atoms with E-state index in [0.717, 1.165) is 12.8 Å². The van der Waals surface area contributed by atoms with Gasteiger partial charge in [-0.1, -0.05) is 20.8 Å². The number of benzene rings is 1. The van der Waals surface area contributed by atoms with Crippen LogP contribution in [0.1, 0.15) is 50.4 Å². The molecule has 2 amide bonds. The Hall–Kier alpha value is -1.91. The fourth-order valence-electron chi connectivity index (χ4n) is 2.71. The normalized spacial score (nSPS) is 16.3. The van der Waals surface area contributed by atoms with Crippen molar-refractivity contribution in [1.82, 2.24) is 10.2 Å². The van der Waals surface area contributed by atoms with E-state index in [1.54, 1.807) is 0 Å². The molecule has 1 aliphatic rings. The summed E-state index contributed by atoms with van der Waals surface area (Å²) in [5.41, 5.74) is 0.447. The van der Waals surface area contributed by atoms with Crippen LogP contribution in [0, 0.1) is 11.2 Å². The van der Waals surface area contributed by atoms with Gasteiger partial charge < -0.3 is 10.2 Å². The molecule has 1 aliphatic heterocycles. The van der Waals surface area contributed by atoms with Crippen LogP contribution in [-0.4, -0.2) is 35.8 Å². The van der Waals surface area contributed by atoms with Crippen LogP contribution in [0.4, 0.5) is 4.39 Å². The largest absolute Gasteiger partial charge is 0.349 e. The number of hydrogen-bond acceptors (Lipinski definition) is 2. The second kappa shape index (κ2) is 7.11. The number of rotatable bonds is 3. The minimum atomic E-state index is -0.354. The van der Waals surface area contributed by atoms with Crippen LogP contribution in [0.15, 0.2) is 24.3 Å². The molecule has 23 heavy (non-hydrogen) atoms. The summed E-state index contributed by atoms with van der Waals surface area (Å²) in [4.78, 5) is 26.2. The maximum Gasteiger partial charge on any atom is 0.251 e. The quantitative estimate of drug-likeness (QED) is 0.931. The van der Waals surface area contributed by atoms with Crippen molar-refractivity contribution in [2.75, 3.05) is 13.1 Å². The second-order valence-corrected chi connectivity index (χ2v) is 7.37. The highest BCUT2D eigenvalue weighted by Gasteiger charge is 2.26. The minimum Gasteiger partial charge on any atom is -0.349 e. The van der Waals surface area contributed by atoms with Crippen molar-refractivity contribution < 1.29 is 14.0 Å². The highest BCUT2D eigenvalue weighted by atomic mass is 19.1. The van der Waals surface area contributed by atoms with Crippen molar-refractivity contribution in [3.05, 3.63) is 35.6 Å². The summed E-state index contributed by atoms with van der Waals surface area (Å²) in [6, 6.07) is 5.58. The molecule has 0 saturated carbocycles. The van der Waals surface area contributed by atoms with Gasteiger partial charge in [0.15, 0.2) is 0 Å². The maximum atomic E-state index is 12.9. The van der Waals surface area contributed by atoms with E-state index in [1.165, 1.54) is 24.3 Å². The molecule has 0 aromatic heterocycles. The van der Waals surface area contributed by atoms with Crippen molar-refractivity contribution >= 4 is 11.8 Å². The minimum absolute atomic E-state index is 0.00920. The first kappa shape index (κ1) is 17.4. The predicted octanol–water partition coefficient (Wildman–Crippen LogP) is 2.98. The number of carbonyl (C=O) groups is 2. The molecular weight excluding hydrogens is 295 g/mol. The van der Waals surface area contributed by atoms with Gasteiger partial charge in [-0.25, -0.2) is 4.39 Å². The van der Waals surface area contributed by atoms with Crippen molar-refractivity contribution in [3.8, 4) is 0 Å². The molecule has 0 bridgehead atoms. The van der Waals surface area contributed by atoms with E-state index < -0.39 is 0 Å². The van der Waals surface area contributed by atoms with Crippen LogP contribution < -0.4 is 5.32 Å². The molecule has 2 rings (SSSR count). The van der Waals surface area contributed by atoms with E-state index in [0.29, 0.717) is 25.1 Å². The third-order valence-corrected chi connectivity index (χ3v) is 3.97. The Bertz CT molecular complexity index is 555. The summed E-state index contributed by atoms with van der Waals surface area (Å²) < 4.78 is 12.9. The van der Waals surface area contributed by atoms with Crippen molar-refractivity contribution in [2.45, 2.75) is 46.1 Å². The number of nitrogens with one attached hydrogen (secondary N) is 1. The zero-order valence-electron chi connectivity index (χ0n) is 14.1. The molecule has 1 aromatic rings. The molecular formula is C18H25FN2O2. The van der Waals surface area contributed by atoms with Crippen LogP contribution in [0.2, 0.25) is 0 Å². The summed E-state index contributed by atoms with van der Waals surface area (Å²) in [5, 5.41) is 2.96. The molecule has 126 valence electrons. The van der Waals surface area contributed by atoms with Gasteiger partial charge in [0.2, 0.25) is 5.91 Å². The topological polar surface area (TPSA) is 49.4 Å². The molecule has 0 atom stereocenters. The van der Waals surface area contributed by atoms with E-state index >= 15 is 0 Å². The summed E-state index contributed by atoms with van der Waals surface area (Å²) in [6.45, 7) is 7.51. The molecule has 1 N–H and O–H groups in total. The van der Waals surface area contributed by atoms with Gasteiger partial charge in [-0.05, 0) is 42.5 Å². The molecule has 0 unspecified atom stereocenters. The maximum absolute atomic E-state index is 12.9. The monoisotopic (exact) mass is 320 g/mol. The fraction of sp³-hybridized carbons (Fsp3) is 0.556. The van der Waals surface area contributed by atoms with Gasteiger partial charge in [-0.15, -0.1) is 0 Å². The SMILES string of the molecule is CC(C)(C)CC(=O)N1CCC(NC(=O)c2ccc(F)cc2)CC1. The molecule has 5 heteroatoms. The van der Waals surface area contributed by atoms with Gasteiger partial charge in [0.05, 0.1) is 0 Å². The molecule has 4 nitrogen and oxygen atoms in total. The van der Waals surface area contributed by atoms with Crippen molar-refractivity contribution in [2.24, 2.45) is 5.41 Å². The number of hydrogen-bond donors (Lipinski definition) is 1. The molecule has 1 aromatic carbocycles. The zero-order valence-corrected chi connectivity index (χ0v) is 14.1. The summed E-state index contributed by atoms with van der Waals surface area (Å²) in [5.74, 6) is -0.363. The zero-order chi connectivity index (χ0) is 17.0. The lowest BCUT2D eigenvalue weighted by atomic mass is 9.91. The Morgan fingerprint density at radius 3 is 2.26 bits per heavy atom. The summed E-state index contributed by atoms with van der Waals surface area (Å²) >= 11 is 0. The van der Waals surface area contributed by atoms with Crippen molar-refractivity contribution in [1.29, 1.82) is 0 Å². The van der Waals surface area contributed by atoms with Gasteiger partial charge in [0.1, 0.15) is 5.82 Å². The fourth-order valence-corrected chi connectivity index (χ4v) is 2.71. The summed E-state index contributed by atoms with van der Waals surface area (Å²) in [6.07, 6.45) is 2.05. The third kappa shape index (κ3) is 5.34. The van der Waals surface area contributed by atoms with E-state index in [2.05, 4.69) is 26.1 Å². The van der Waals surface area contributed by atoms with Gasteiger partial charge in [0, 0.05) is 31.1 Å². The van der Waals surface area contributed by atoms with Crippen LogP contribution in [0.25, 0.3) is 0 Å². The first-order valence-electron chi connectivity index (χ1n) is 8.09. The number of piperidine rings is 1. The average Bonchev–Trinajstić information content (AvgIpc) is 2.46. The molecule has 1 saturated heterocycles. The van der Waals surface area contributed by atoms with Crippen LogP contribution in [0.5, 0.6) is 0 Å². The highest BCUT2D eigenvalue weighted by Crippen LogP contribution is 2.21. The Morgan fingerprint density at radius 1 is 1.17 bits per heavy atom. The Morgan fingerprint density at radius 2 is 1.74 bits per heavy atom. The predicted molar refractivity (Wildman–Crippen MR) is 87.5 cm³/mol. The standard InChI is InChI=1S/C18H25FN2O2/c1-18(2,3)12-16(22)21-10-8-15(9-11-21)20-17(23)13-4-6-14(19)7-5-13/h4-7,15H,8-12H2,1-3H3,(H,20,23). The van der Waals surface area contributed by atoms with Crippen LogP contribution in [0.3, 0.4) is 0 Å². The lowest BCUT2D eigenvalue weighted by molar-refractivity contribution is -0.134. The van der Waals surface area contributed by atoms with Gasteiger partial charge in [-0.2, -0.15) is 0 Å². The molecule has 1 heterocycles. The number of halogens is 1. The van der Waals surface area contributed by atoms with E-state index in [4.69, 9.17) is 0 Å². The number of carbonyl (C=O) groups excluding carboxylic acids is 2. The van der Waals surface area contributed by atoms with Crippen molar-refractivity contribution in [3.63, 3.8) is 0 Å². The van der Waals surface area contributed by atoms with Gasteiger partial charge >= 0.3 is 0 Å². The molecule has 0 spiro atoms. The van der Waals surface area contributed by atoms with E-state index in [-0.39, 0.29) is 29.1 Å². The van der Waals surface area contributed by atoms with Crippen LogP contribution in [-0.2, 0) is 4.79 Å². The van der Waals surface area contributed by atoms with Gasteiger partial charge in [0.25, 0.3) is 5.91 Å². The highest BCUT2D eigenvalue weighted by molar-refractivity contribution is 5.94. The second-order valence-electron chi connectivity index (χ2n) is 7.37. The summed E-state index contributed by atoms with van der Waals surface area (Å²) in [7, 11) is 0. The molecule has 0 radical (unpaired) electrons. The Balaban J connectivity index is 1.81. The lowest BCUT2D eigenvalue weighted by Crippen LogP contribution is -2.47. The Labute approximate surface area is 137 Å².